The van der Waals surface area contributed by atoms with E-state index in [0.29, 0.717) is 12.4 Å². The van der Waals surface area contributed by atoms with E-state index in [-0.39, 0.29) is 0 Å². The summed E-state index contributed by atoms with van der Waals surface area (Å²) < 4.78 is 5.48. The molecule has 2 heterocycles. The van der Waals surface area contributed by atoms with Crippen LogP contribution in [0.1, 0.15) is 24.5 Å². The molecule has 92 valence electrons. The summed E-state index contributed by atoms with van der Waals surface area (Å²) in [5.74, 6) is 0.643. The maximum atomic E-state index is 10.3. The van der Waals surface area contributed by atoms with Crippen molar-refractivity contribution in [2.75, 3.05) is 6.61 Å². The van der Waals surface area contributed by atoms with Crippen molar-refractivity contribution in [2.24, 2.45) is 0 Å². The van der Waals surface area contributed by atoms with Crippen molar-refractivity contribution in [3.63, 3.8) is 0 Å². The number of aromatic nitrogens is 2. The molecular formula is C14H14N2O2. The van der Waals surface area contributed by atoms with E-state index >= 15 is 0 Å². The van der Waals surface area contributed by atoms with Crippen molar-refractivity contribution in [1.29, 1.82) is 0 Å². The van der Waals surface area contributed by atoms with Crippen LogP contribution in [0.3, 0.4) is 0 Å². The van der Waals surface area contributed by atoms with Crippen LogP contribution in [0.25, 0.3) is 11.0 Å². The van der Waals surface area contributed by atoms with Crippen LogP contribution in [-0.2, 0) is 4.74 Å². The third kappa shape index (κ3) is 2.07. The van der Waals surface area contributed by atoms with Crippen LogP contribution < -0.4 is 0 Å². The van der Waals surface area contributed by atoms with E-state index in [1.165, 1.54) is 0 Å². The average molecular weight is 242 g/mol. The molecule has 4 nitrogen and oxygen atoms in total. The van der Waals surface area contributed by atoms with Crippen molar-refractivity contribution < 1.29 is 9.84 Å². The van der Waals surface area contributed by atoms with E-state index in [2.05, 4.69) is 9.97 Å². The minimum Gasteiger partial charge on any atom is -0.495 e. The number of fused-ring (bicyclic) bond motifs is 1. The Morgan fingerprint density at radius 3 is 2.78 bits per heavy atom. The van der Waals surface area contributed by atoms with Gasteiger partial charge in [-0.2, -0.15) is 0 Å². The van der Waals surface area contributed by atoms with Gasteiger partial charge in [0, 0.05) is 12.4 Å². The van der Waals surface area contributed by atoms with Crippen LogP contribution in [-0.4, -0.2) is 21.7 Å². The average Bonchev–Trinajstić information content (AvgIpc) is 2.47. The minimum atomic E-state index is -0.711. The lowest BCUT2D eigenvalue weighted by atomic mass is 10.0. The number of allylic oxidation sites excluding steroid dienone is 1. The van der Waals surface area contributed by atoms with Gasteiger partial charge in [-0.1, -0.05) is 6.07 Å². The summed E-state index contributed by atoms with van der Waals surface area (Å²) in [6, 6.07) is 5.58. The summed E-state index contributed by atoms with van der Waals surface area (Å²) in [7, 11) is 0. The maximum Gasteiger partial charge on any atom is 0.136 e. The van der Waals surface area contributed by atoms with Crippen LogP contribution >= 0.6 is 0 Å². The van der Waals surface area contributed by atoms with E-state index in [4.69, 9.17) is 4.74 Å². The number of hydrogen-bond donors (Lipinski definition) is 1. The number of hydrogen-bond acceptors (Lipinski definition) is 4. The Morgan fingerprint density at radius 1 is 1.17 bits per heavy atom. The fourth-order valence-electron chi connectivity index (χ4n) is 2.08. The van der Waals surface area contributed by atoms with Gasteiger partial charge >= 0.3 is 0 Å². The Bertz CT molecular complexity index is 595. The van der Waals surface area contributed by atoms with E-state index < -0.39 is 6.10 Å². The van der Waals surface area contributed by atoms with Gasteiger partial charge in [-0.15, -0.1) is 0 Å². The molecule has 1 unspecified atom stereocenters. The Balaban J connectivity index is 1.96. The first-order valence-electron chi connectivity index (χ1n) is 6.06. The third-order valence-electron chi connectivity index (χ3n) is 3.04. The molecule has 1 aliphatic rings. The number of nitrogens with zero attached hydrogens (tertiary/aromatic N) is 2. The smallest absolute Gasteiger partial charge is 0.136 e. The molecule has 1 aromatic heterocycles. The Labute approximate surface area is 105 Å². The van der Waals surface area contributed by atoms with Gasteiger partial charge in [-0.25, -0.2) is 0 Å². The van der Waals surface area contributed by atoms with Gasteiger partial charge in [0.25, 0.3) is 0 Å². The molecule has 0 radical (unpaired) electrons. The summed E-state index contributed by atoms with van der Waals surface area (Å²) in [5.41, 5.74) is 2.40. The third-order valence-corrected chi connectivity index (χ3v) is 3.04. The van der Waals surface area contributed by atoms with Gasteiger partial charge in [0.05, 0.1) is 17.6 Å². The zero-order valence-electron chi connectivity index (χ0n) is 9.91. The van der Waals surface area contributed by atoms with Crippen LogP contribution in [0.15, 0.2) is 42.4 Å². The Hall–Kier alpha value is -1.94. The highest BCUT2D eigenvalue weighted by Gasteiger charge is 2.17. The van der Waals surface area contributed by atoms with Crippen LogP contribution in [0.2, 0.25) is 0 Å². The van der Waals surface area contributed by atoms with Gasteiger partial charge in [-0.05, 0) is 36.6 Å². The van der Waals surface area contributed by atoms with Crippen molar-refractivity contribution in [2.45, 2.75) is 18.9 Å². The zero-order valence-corrected chi connectivity index (χ0v) is 9.91. The van der Waals surface area contributed by atoms with E-state index in [9.17, 15) is 5.11 Å². The first-order chi connectivity index (χ1) is 8.84. The summed E-state index contributed by atoms with van der Waals surface area (Å²) in [5, 5.41) is 10.3. The van der Waals surface area contributed by atoms with Crippen LogP contribution in [0.4, 0.5) is 0 Å². The molecule has 2 aromatic rings. The lowest BCUT2D eigenvalue weighted by Crippen LogP contribution is -2.09. The quantitative estimate of drug-likeness (QED) is 0.878. The predicted octanol–water partition coefficient (Wildman–Crippen LogP) is 2.36. The largest absolute Gasteiger partial charge is 0.495 e. The SMILES string of the molecule is OC(C1=CCCCO1)c1ccc2nccnc2c1. The van der Waals surface area contributed by atoms with Crippen molar-refractivity contribution >= 4 is 11.0 Å². The summed E-state index contributed by atoms with van der Waals surface area (Å²) in [6.45, 7) is 0.677. The molecule has 0 bridgehead atoms. The van der Waals surface area contributed by atoms with Gasteiger partial charge < -0.3 is 9.84 Å². The summed E-state index contributed by atoms with van der Waals surface area (Å²) in [4.78, 5) is 8.44. The maximum absolute atomic E-state index is 10.3. The number of aliphatic hydroxyl groups excluding tert-OH is 1. The highest BCUT2D eigenvalue weighted by atomic mass is 16.5. The standard InChI is InChI=1S/C14H14N2O2/c17-14(13-3-1-2-8-18-13)10-4-5-11-12(9-10)16-7-6-15-11/h3-7,9,14,17H,1-2,8H2. The summed E-state index contributed by atoms with van der Waals surface area (Å²) in [6.07, 6.45) is 6.52. The first kappa shape index (κ1) is 11.2. The number of ether oxygens (including phenoxy) is 1. The molecule has 0 spiro atoms. The fraction of sp³-hybridized carbons (Fsp3) is 0.286. The van der Waals surface area contributed by atoms with Gasteiger partial charge in [0.1, 0.15) is 11.9 Å². The fourth-order valence-corrected chi connectivity index (χ4v) is 2.08. The molecule has 1 N–H and O–H groups in total. The lowest BCUT2D eigenvalue weighted by molar-refractivity contribution is 0.0918. The zero-order chi connectivity index (χ0) is 12.4. The van der Waals surface area contributed by atoms with Crippen molar-refractivity contribution in [1.82, 2.24) is 9.97 Å². The molecule has 1 aliphatic heterocycles. The molecule has 0 amide bonds. The molecular weight excluding hydrogens is 228 g/mol. The van der Waals surface area contributed by atoms with Gasteiger partial charge in [-0.3, -0.25) is 9.97 Å². The number of aliphatic hydroxyl groups is 1. The monoisotopic (exact) mass is 242 g/mol. The van der Waals surface area contributed by atoms with Crippen LogP contribution in [0, 0.1) is 0 Å². The first-order valence-corrected chi connectivity index (χ1v) is 6.06. The van der Waals surface area contributed by atoms with Crippen LogP contribution in [0.5, 0.6) is 0 Å². The molecule has 3 rings (SSSR count). The second-order valence-corrected chi connectivity index (χ2v) is 4.30. The molecule has 0 saturated carbocycles. The summed E-state index contributed by atoms with van der Waals surface area (Å²) >= 11 is 0. The highest BCUT2D eigenvalue weighted by Crippen LogP contribution is 2.27. The molecule has 1 atom stereocenters. The molecule has 0 saturated heterocycles. The highest BCUT2D eigenvalue weighted by molar-refractivity contribution is 5.74. The van der Waals surface area contributed by atoms with E-state index in [1.54, 1.807) is 12.4 Å². The normalized spacial score (nSPS) is 17.1. The second kappa shape index (κ2) is 4.74. The Kier molecular flexibility index (Phi) is 2.94. The number of benzene rings is 1. The Morgan fingerprint density at radius 2 is 2.00 bits per heavy atom. The topological polar surface area (TPSA) is 55.2 Å². The molecule has 0 fully saturated rings. The van der Waals surface area contributed by atoms with E-state index in [0.717, 1.165) is 29.4 Å². The predicted molar refractivity (Wildman–Crippen MR) is 67.8 cm³/mol. The number of rotatable bonds is 2. The molecule has 0 aliphatic carbocycles. The molecule has 18 heavy (non-hydrogen) atoms. The van der Waals surface area contributed by atoms with Crippen molar-refractivity contribution in [3.8, 4) is 0 Å². The minimum absolute atomic E-state index is 0.643. The molecule has 4 heteroatoms. The lowest BCUT2D eigenvalue weighted by Gasteiger charge is -2.20. The van der Waals surface area contributed by atoms with Gasteiger partial charge in [0.2, 0.25) is 0 Å². The molecule has 1 aromatic carbocycles. The van der Waals surface area contributed by atoms with E-state index in [1.807, 2.05) is 24.3 Å². The second-order valence-electron chi connectivity index (χ2n) is 4.30. The van der Waals surface area contributed by atoms with Gasteiger partial charge in [0.15, 0.2) is 0 Å². The van der Waals surface area contributed by atoms with Crippen molar-refractivity contribution in [3.05, 3.63) is 48.0 Å².